The van der Waals surface area contributed by atoms with Crippen LogP contribution in [0.25, 0.3) is 0 Å². The number of nitrogens with zero attached hydrogens (tertiary/aromatic N) is 2. The standard InChI is InChI=1S/C21H31N5O.HI/c1-4-23-21(24-14-17-10-8-16(13-22)9-11-17)26-19-7-5-6-18(12-19)20(27)25-15(2)3;/h8-11,15,18-19H,4-7,12,14H2,1-3H3,(H,25,27)(H2,23,24,26);1H. The summed E-state index contributed by atoms with van der Waals surface area (Å²) in [5.74, 6) is 1.01. The molecule has 1 aliphatic carbocycles. The highest BCUT2D eigenvalue weighted by molar-refractivity contribution is 14.0. The lowest BCUT2D eigenvalue weighted by Gasteiger charge is -2.30. The Morgan fingerprint density at radius 3 is 2.61 bits per heavy atom. The molecule has 2 rings (SSSR count). The molecule has 0 aromatic heterocycles. The van der Waals surface area contributed by atoms with Gasteiger partial charge in [-0.3, -0.25) is 4.79 Å². The quantitative estimate of drug-likeness (QED) is 0.320. The second-order valence-electron chi connectivity index (χ2n) is 7.37. The molecular weight excluding hydrogens is 465 g/mol. The molecule has 6 nitrogen and oxygen atoms in total. The third-order valence-electron chi connectivity index (χ3n) is 4.66. The minimum atomic E-state index is 0. The monoisotopic (exact) mass is 497 g/mol. The van der Waals surface area contributed by atoms with Gasteiger partial charge in [-0.15, -0.1) is 24.0 Å². The van der Waals surface area contributed by atoms with Gasteiger partial charge in [0.05, 0.1) is 18.2 Å². The van der Waals surface area contributed by atoms with Gasteiger partial charge in [0, 0.05) is 24.5 Å². The molecule has 28 heavy (non-hydrogen) atoms. The smallest absolute Gasteiger partial charge is 0.223 e. The lowest BCUT2D eigenvalue weighted by molar-refractivity contribution is -0.126. The summed E-state index contributed by atoms with van der Waals surface area (Å²) in [6.45, 7) is 7.36. The molecule has 2 atom stereocenters. The molecule has 2 unspecified atom stereocenters. The number of nitriles is 1. The van der Waals surface area contributed by atoms with Crippen LogP contribution in [0.2, 0.25) is 0 Å². The zero-order valence-electron chi connectivity index (χ0n) is 17.0. The minimum Gasteiger partial charge on any atom is -0.357 e. The van der Waals surface area contributed by atoms with Crippen LogP contribution in [0.15, 0.2) is 29.3 Å². The van der Waals surface area contributed by atoms with Crippen LogP contribution in [0.4, 0.5) is 0 Å². The summed E-state index contributed by atoms with van der Waals surface area (Å²) in [6, 6.07) is 10.0. The number of nitrogens with one attached hydrogen (secondary N) is 3. The Labute approximate surface area is 185 Å². The van der Waals surface area contributed by atoms with Crippen molar-refractivity contribution in [3.8, 4) is 6.07 Å². The molecule has 0 aliphatic heterocycles. The number of benzene rings is 1. The fourth-order valence-electron chi connectivity index (χ4n) is 3.33. The number of amides is 1. The van der Waals surface area contributed by atoms with Crippen molar-refractivity contribution >= 4 is 35.8 Å². The summed E-state index contributed by atoms with van der Waals surface area (Å²) >= 11 is 0. The maximum Gasteiger partial charge on any atom is 0.223 e. The van der Waals surface area contributed by atoms with Crippen molar-refractivity contribution < 1.29 is 4.79 Å². The van der Waals surface area contributed by atoms with Gasteiger partial charge in [-0.2, -0.15) is 5.26 Å². The maximum absolute atomic E-state index is 12.3. The van der Waals surface area contributed by atoms with E-state index in [1.165, 1.54) is 0 Å². The third kappa shape index (κ3) is 8.05. The van der Waals surface area contributed by atoms with Crippen molar-refractivity contribution in [1.29, 1.82) is 5.26 Å². The summed E-state index contributed by atoms with van der Waals surface area (Å²) in [6.07, 6.45) is 3.88. The van der Waals surface area contributed by atoms with E-state index in [0.29, 0.717) is 12.1 Å². The van der Waals surface area contributed by atoms with E-state index in [9.17, 15) is 4.79 Å². The third-order valence-corrected chi connectivity index (χ3v) is 4.66. The van der Waals surface area contributed by atoms with Gasteiger partial charge in [-0.1, -0.05) is 18.6 Å². The minimum absolute atomic E-state index is 0. The number of halogens is 1. The number of rotatable bonds is 6. The van der Waals surface area contributed by atoms with Crippen LogP contribution in [0.1, 0.15) is 57.6 Å². The number of carbonyl (C=O) groups is 1. The first kappa shape index (κ1) is 24.2. The molecule has 1 saturated carbocycles. The molecule has 0 saturated heterocycles. The summed E-state index contributed by atoms with van der Waals surface area (Å²) in [5.41, 5.74) is 1.71. The van der Waals surface area contributed by atoms with Gasteiger partial charge >= 0.3 is 0 Å². The molecule has 1 aromatic carbocycles. The normalized spacial score (nSPS) is 19.3. The molecule has 1 amide bonds. The highest BCUT2D eigenvalue weighted by Crippen LogP contribution is 2.24. The number of hydrogen-bond acceptors (Lipinski definition) is 3. The van der Waals surface area contributed by atoms with Crippen LogP contribution < -0.4 is 16.0 Å². The number of carbonyl (C=O) groups excluding carboxylic acids is 1. The Balaban J connectivity index is 0.00000392. The first-order chi connectivity index (χ1) is 13.0. The van der Waals surface area contributed by atoms with Crippen molar-refractivity contribution in [3.63, 3.8) is 0 Å². The summed E-state index contributed by atoms with van der Waals surface area (Å²) < 4.78 is 0. The van der Waals surface area contributed by atoms with Crippen LogP contribution in [-0.4, -0.2) is 30.5 Å². The van der Waals surface area contributed by atoms with Gasteiger partial charge in [0.1, 0.15) is 0 Å². The molecule has 7 heteroatoms. The molecule has 154 valence electrons. The molecule has 1 aliphatic rings. The van der Waals surface area contributed by atoms with Gasteiger partial charge in [-0.05, 0) is 57.7 Å². The van der Waals surface area contributed by atoms with Crippen LogP contribution in [0.5, 0.6) is 0 Å². The Morgan fingerprint density at radius 1 is 1.29 bits per heavy atom. The average Bonchev–Trinajstić information content (AvgIpc) is 2.66. The molecule has 1 fully saturated rings. The SMILES string of the molecule is CCNC(=NCc1ccc(C#N)cc1)NC1CCCC(C(=O)NC(C)C)C1.I. The Bertz CT molecular complexity index is 681. The lowest BCUT2D eigenvalue weighted by Crippen LogP contribution is -2.47. The fourth-order valence-corrected chi connectivity index (χ4v) is 3.33. The molecule has 1 aromatic rings. The molecule has 0 radical (unpaired) electrons. The van der Waals surface area contributed by atoms with Crippen molar-refractivity contribution in [2.45, 2.75) is 65.1 Å². The summed E-state index contributed by atoms with van der Waals surface area (Å²) in [5, 5.41) is 18.7. The van der Waals surface area contributed by atoms with E-state index >= 15 is 0 Å². The molecule has 3 N–H and O–H groups in total. The van der Waals surface area contributed by atoms with E-state index < -0.39 is 0 Å². The van der Waals surface area contributed by atoms with Crippen molar-refractivity contribution in [2.75, 3.05) is 6.54 Å². The van der Waals surface area contributed by atoms with Crippen LogP contribution >= 0.6 is 24.0 Å². The predicted octanol–water partition coefficient (Wildman–Crippen LogP) is 3.31. The molecule has 0 spiro atoms. The Morgan fingerprint density at radius 2 is 2.00 bits per heavy atom. The maximum atomic E-state index is 12.3. The first-order valence-electron chi connectivity index (χ1n) is 9.86. The average molecular weight is 497 g/mol. The summed E-state index contributed by atoms with van der Waals surface area (Å²) in [4.78, 5) is 17.0. The van der Waals surface area contributed by atoms with Crippen LogP contribution in [0, 0.1) is 17.2 Å². The Kier molecular flexibility index (Phi) is 10.9. The lowest BCUT2D eigenvalue weighted by atomic mass is 9.85. The molecule has 0 bridgehead atoms. The summed E-state index contributed by atoms with van der Waals surface area (Å²) in [7, 11) is 0. The van der Waals surface area contributed by atoms with Crippen molar-refractivity contribution in [3.05, 3.63) is 35.4 Å². The van der Waals surface area contributed by atoms with E-state index in [1.54, 1.807) is 0 Å². The van der Waals surface area contributed by atoms with Crippen LogP contribution in [-0.2, 0) is 11.3 Å². The largest absolute Gasteiger partial charge is 0.357 e. The topological polar surface area (TPSA) is 89.3 Å². The fraction of sp³-hybridized carbons (Fsp3) is 0.571. The van der Waals surface area contributed by atoms with Gasteiger partial charge < -0.3 is 16.0 Å². The molecule has 0 heterocycles. The zero-order chi connectivity index (χ0) is 19.6. The van der Waals surface area contributed by atoms with Gasteiger partial charge in [-0.25, -0.2) is 4.99 Å². The Hall–Kier alpha value is -1.82. The highest BCUT2D eigenvalue weighted by Gasteiger charge is 2.27. The van der Waals surface area contributed by atoms with Gasteiger partial charge in [0.25, 0.3) is 0 Å². The van der Waals surface area contributed by atoms with E-state index in [2.05, 4.69) is 27.0 Å². The van der Waals surface area contributed by atoms with E-state index in [4.69, 9.17) is 5.26 Å². The van der Waals surface area contributed by atoms with Gasteiger partial charge in [0.2, 0.25) is 5.91 Å². The number of guanidine groups is 1. The van der Waals surface area contributed by atoms with E-state index in [0.717, 1.165) is 43.8 Å². The van der Waals surface area contributed by atoms with Crippen LogP contribution in [0.3, 0.4) is 0 Å². The van der Waals surface area contributed by atoms with Crippen molar-refractivity contribution in [1.82, 2.24) is 16.0 Å². The zero-order valence-corrected chi connectivity index (χ0v) is 19.3. The molecular formula is C21H32IN5O. The first-order valence-corrected chi connectivity index (χ1v) is 9.86. The van der Waals surface area contributed by atoms with E-state index in [1.807, 2.05) is 45.0 Å². The van der Waals surface area contributed by atoms with Gasteiger partial charge in [0.15, 0.2) is 5.96 Å². The second-order valence-corrected chi connectivity index (χ2v) is 7.37. The number of aliphatic imine (C=N–C) groups is 1. The highest BCUT2D eigenvalue weighted by atomic mass is 127. The number of hydrogen-bond donors (Lipinski definition) is 3. The second kappa shape index (κ2) is 12.6. The predicted molar refractivity (Wildman–Crippen MR) is 124 cm³/mol. The van der Waals surface area contributed by atoms with E-state index in [-0.39, 0.29) is 47.9 Å². The van der Waals surface area contributed by atoms with Crippen molar-refractivity contribution in [2.24, 2.45) is 10.9 Å².